The predicted octanol–water partition coefficient (Wildman–Crippen LogP) is 2.62. The molecule has 0 saturated carbocycles. The maximum Gasteiger partial charge on any atom is 0.323 e. The summed E-state index contributed by atoms with van der Waals surface area (Å²) in [6.45, 7) is 5.21. The number of carboxylic acid groups (broad SMARTS) is 1. The summed E-state index contributed by atoms with van der Waals surface area (Å²) in [5.41, 5.74) is 2.00. The van der Waals surface area contributed by atoms with E-state index in [0.717, 1.165) is 22.2 Å². The lowest BCUT2D eigenvalue weighted by Gasteiger charge is -2.19. The highest BCUT2D eigenvalue weighted by Gasteiger charge is 2.19. The van der Waals surface area contributed by atoms with Gasteiger partial charge in [0.05, 0.1) is 5.52 Å². The van der Waals surface area contributed by atoms with Crippen molar-refractivity contribution in [2.45, 2.75) is 26.3 Å². The quantitative estimate of drug-likeness (QED) is 0.935. The molecule has 0 amide bonds. The van der Waals surface area contributed by atoms with Gasteiger partial charge in [0.15, 0.2) is 11.5 Å². The molecule has 5 nitrogen and oxygen atoms in total. The lowest BCUT2D eigenvalue weighted by Crippen LogP contribution is -2.15. The molecule has 0 unspecified atom stereocenters. The fraction of sp³-hybridized carbons (Fsp3) is 0.400. The van der Waals surface area contributed by atoms with Crippen LogP contribution in [0.5, 0.6) is 11.5 Å². The van der Waals surface area contributed by atoms with Gasteiger partial charge in [-0.2, -0.15) is 0 Å². The first-order valence-electron chi connectivity index (χ1n) is 6.70. The molecule has 106 valence electrons. The SMILES string of the molecule is CC(C)c1cn(CC(=O)O)c2cc3c(cc12)OCCO3. The third-order valence-electron chi connectivity index (χ3n) is 3.50. The van der Waals surface area contributed by atoms with E-state index in [1.165, 1.54) is 0 Å². The van der Waals surface area contributed by atoms with E-state index in [1.807, 2.05) is 18.3 Å². The van der Waals surface area contributed by atoms with Crippen LogP contribution in [-0.2, 0) is 11.3 Å². The summed E-state index contributed by atoms with van der Waals surface area (Å²) in [6.07, 6.45) is 1.91. The fourth-order valence-electron chi connectivity index (χ4n) is 2.59. The van der Waals surface area contributed by atoms with Crippen LogP contribution in [-0.4, -0.2) is 28.9 Å². The van der Waals surface area contributed by atoms with Gasteiger partial charge < -0.3 is 19.1 Å². The largest absolute Gasteiger partial charge is 0.486 e. The summed E-state index contributed by atoms with van der Waals surface area (Å²) < 4.78 is 12.9. The number of aliphatic carboxylic acids is 1. The number of ether oxygens (including phenoxy) is 2. The Morgan fingerprint density at radius 3 is 2.55 bits per heavy atom. The van der Waals surface area contributed by atoms with Crippen molar-refractivity contribution in [1.82, 2.24) is 4.57 Å². The Kier molecular flexibility index (Phi) is 3.04. The van der Waals surface area contributed by atoms with Crippen molar-refractivity contribution in [2.24, 2.45) is 0 Å². The Bertz CT molecular complexity index is 672. The Morgan fingerprint density at radius 1 is 1.30 bits per heavy atom. The minimum Gasteiger partial charge on any atom is -0.486 e. The fourth-order valence-corrected chi connectivity index (χ4v) is 2.59. The van der Waals surface area contributed by atoms with Crippen LogP contribution >= 0.6 is 0 Å². The maximum absolute atomic E-state index is 11.0. The minimum atomic E-state index is -0.855. The first-order chi connectivity index (χ1) is 9.56. The molecule has 0 radical (unpaired) electrons. The molecule has 1 aliphatic rings. The van der Waals surface area contributed by atoms with Crippen molar-refractivity contribution < 1.29 is 19.4 Å². The van der Waals surface area contributed by atoms with Gasteiger partial charge in [-0.15, -0.1) is 0 Å². The average molecular weight is 275 g/mol. The van der Waals surface area contributed by atoms with E-state index in [9.17, 15) is 4.79 Å². The number of benzene rings is 1. The molecule has 1 aromatic carbocycles. The van der Waals surface area contributed by atoms with Crippen LogP contribution in [0.2, 0.25) is 0 Å². The predicted molar refractivity (Wildman–Crippen MR) is 74.7 cm³/mol. The number of aromatic nitrogens is 1. The zero-order chi connectivity index (χ0) is 14.3. The Hall–Kier alpha value is -2.17. The molecule has 0 aliphatic carbocycles. The summed E-state index contributed by atoms with van der Waals surface area (Å²) in [5.74, 6) is 0.879. The third-order valence-corrected chi connectivity index (χ3v) is 3.50. The van der Waals surface area contributed by atoms with Crippen LogP contribution in [0, 0.1) is 0 Å². The van der Waals surface area contributed by atoms with Gasteiger partial charge in [-0.25, -0.2) is 0 Å². The van der Waals surface area contributed by atoms with E-state index in [4.69, 9.17) is 14.6 Å². The number of nitrogens with zero attached hydrogens (tertiary/aromatic N) is 1. The summed E-state index contributed by atoms with van der Waals surface area (Å²) in [4.78, 5) is 11.0. The lowest BCUT2D eigenvalue weighted by atomic mass is 10.0. The molecule has 1 aliphatic heterocycles. The molecule has 0 fully saturated rings. The monoisotopic (exact) mass is 275 g/mol. The summed E-state index contributed by atoms with van der Waals surface area (Å²) >= 11 is 0. The van der Waals surface area contributed by atoms with Crippen molar-refractivity contribution in [2.75, 3.05) is 13.2 Å². The van der Waals surface area contributed by atoms with Crippen LogP contribution in [0.25, 0.3) is 10.9 Å². The zero-order valence-electron chi connectivity index (χ0n) is 11.5. The molecule has 0 bridgehead atoms. The van der Waals surface area contributed by atoms with Crippen LogP contribution in [0.15, 0.2) is 18.3 Å². The number of carbonyl (C=O) groups is 1. The number of hydrogen-bond donors (Lipinski definition) is 1. The van der Waals surface area contributed by atoms with E-state index in [0.29, 0.717) is 24.9 Å². The summed E-state index contributed by atoms with van der Waals surface area (Å²) in [6, 6.07) is 3.83. The molecule has 5 heteroatoms. The Balaban J connectivity index is 2.22. The van der Waals surface area contributed by atoms with Gasteiger partial charge in [-0.3, -0.25) is 4.79 Å². The van der Waals surface area contributed by atoms with Crippen molar-refractivity contribution in [3.05, 3.63) is 23.9 Å². The summed E-state index contributed by atoms with van der Waals surface area (Å²) in [7, 11) is 0. The van der Waals surface area contributed by atoms with Gasteiger partial charge in [0, 0.05) is 17.6 Å². The minimum absolute atomic E-state index is 0.0527. The molecular weight excluding hydrogens is 258 g/mol. The molecule has 2 aromatic rings. The van der Waals surface area contributed by atoms with Crippen molar-refractivity contribution in [1.29, 1.82) is 0 Å². The van der Waals surface area contributed by atoms with Crippen LogP contribution in [0.1, 0.15) is 25.3 Å². The molecule has 0 spiro atoms. The number of carboxylic acids is 1. The first kappa shape index (κ1) is 12.8. The zero-order valence-corrected chi connectivity index (χ0v) is 11.5. The highest BCUT2D eigenvalue weighted by molar-refractivity contribution is 5.89. The molecule has 1 N–H and O–H groups in total. The third kappa shape index (κ3) is 2.09. The van der Waals surface area contributed by atoms with E-state index in [-0.39, 0.29) is 6.54 Å². The van der Waals surface area contributed by atoms with Crippen LogP contribution in [0.4, 0.5) is 0 Å². The van der Waals surface area contributed by atoms with Crippen LogP contribution in [0.3, 0.4) is 0 Å². The molecule has 0 atom stereocenters. The van der Waals surface area contributed by atoms with Gasteiger partial charge >= 0.3 is 5.97 Å². The second-order valence-electron chi connectivity index (χ2n) is 5.27. The van der Waals surface area contributed by atoms with E-state index in [2.05, 4.69) is 13.8 Å². The summed E-state index contributed by atoms with van der Waals surface area (Å²) in [5, 5.41) is 10.1. The van der Waals surface area contributed by atoms with Crippen molar-refractivity contribution in [3.63, 3.8) is 0 Å². The molecule has 20 heavy (non-hydrogen) atoms. The highest BCUT2D eigenvalue weighted by atomic mass is 16.6. The number of hydrogen-bond acceptors (Lipinski definition) is 3. The Morgan fingerprint density at radius 2 is 1.95 bits per heavy atom. The molecule has 1 aromatic heterocycles. The Labute approximate surface area is 116 Å². The highest BCUT2D eigenvalue weighted by Crippen LogP contribution is 2.38. The van der Waals surface area contributed by atoms with Gasteiger partial charge in [0.1, 0.15) is 19.8 Å². The van der Waals surface area contributed by atoms with E-state index in [1.54, 1.807) is 4.57 Å². The van der Waals surface area contributed by atoms with Crippen LogP contribution < -0.4 is 9.47 Å². The second-order valence-corrected chi connectivity index (χ2v) is 5.27. The topological polar surface area (TPSA) is 60.7 Å². The van der Waals surface area contributed by atoms with E-state index >= 15 is 0 Å². The molecule has 0 saturated heterocycles. The second kappa shape index (κ2) is 4.74. The van der Waals surface area contributed by atoms with Gasteiger partial charge in [-0.1, -0.05) is 13.8 Å². The molecule has 2 heterocycles. The average Bonchev–Trinajstić information content (AvgIpc) is 2.74. The first-order valence-corrected chi connectivity index (χ1v) is 6.70. The lowest BCUT2D eigenvalue weighted by molar-refractivity contribution is -0.137. The van der Waals surface area contributed by atoms with Gasteiger partial charge in [-0.05, 0) is 17.5 Å². The number of fused-ring (bicyclic) bond motifs is 2. The van der Waals surface area contributed by atoms with Gasteiger partial charge in [0.2, 0.25) is 0 Å². The molecule has 3 rings (SSSR count). The van der Waals surface area contributed by atoms with Crippen molar-refractivity contribution in [3.8, 4) is 11.5 Å². The van der Waals surface area contributed by atoms with E-state index < -0.39 is 5.97 Å². The van der Waals surface area contributed by atoms with Gasteiger partial charge in [0.25, 0.3) is 0 Å². The standard InChI is InChI=1S/C15H17NO4/c1-9(2)11-7-16(8-15(17)18)12-6-14-13(5-10(11)12)19-3-4-20-14/h5-7,9H,3-4,8H2,1-2H3,(H,17,18). The maximum atomic E-state index is 11.0. The van der Waals surface area contributed by atoms with Crippen molar-refractivity contribution >= 4 is 16.9 Å². The molecular formula is C15H17NO4. The smallest absolute Gasteiger partial charge is 0.323 e. The normalized spacial score (nSPS) is 13.9. The number of rotatable bonds is 3.